The molecule has 0 aliphatic carbocycles. The molecule has 0 spiro atoms. The van der Waals surface area contributed by atoms with E-state index in [9.17, 15) is 4.79 Å². The summed E-state index contributed by atoms with van der Waals surface area (Å²) in [5.74, 6) is 1.76. The fourth-order valence-electron chi connectivity index (χ4n) is 1.18. The standard InChI is InChI=1S/C12H19N3OS2/c1-15(2)6-7-17-18-10-14-12(16)8-11-4-3-5-13-9-11/h3-5,9H,6-8,10H2,1-2H3,(H,14,16). The molecule has 1 aromatic heterocycles. The third kappa shape index (κ3) is 7.58. The van der Waals surface area contributed by atoms with E-state index in [1.165, 1.54) is 0 Å². The van der Waals surface area contributed by atoms with Crippen molar-refractivity contribution in [1.82, 2.24) is 15.2 Å². The van der Waals surface area contributed by atoms with Gasteiger partial charge in [-0.15, -0.1) is 0 Å². The second-order valence-electron chi connectivity index (χ2n) is 4.03. The molecule has 0 aliphatic heterocycles. The Bertz CT molecular complexity index is 346. The summed E-state index contributed by atoms with van der Waals surface area (Å²) in [6.07, 6.45) is 3.83. The summed E-state index contributed by atoms with van der Waals surface area (Å²) in [5.41, 5.74) is 0.945. The normalized spacial score (nSPS) is 10.6. The topological polar surface area (TPSA) is 45.2 Å². The molecule has 0 aromatic carbocycles. The molecule has 0 saturated heterocycles. The van der Waals surface area contributed by atoms with E-state index in [1.54, 1.807) is 34.0 Å². The predicted octanol–water partition coefficient (Wildman–Crippen LogP) is 1.64. The van der Waals surface area contributed by atoms with E-state index in [4.69, 9.17) is 0 Å². The number of nitrogens with one attached hydrogen (secondary N) is 1. The highest BCUT2D eigenvalue weighted by atomic mass is 33.1. The number of aromatic nitrogens is 1. The van der Waals surface area contributed by atoms with E-state index in [0.717, 1.165) is 17.9 Å². The van der Waals surface area contributed by atoms with E-state index in [-0.39, 0.29) is 5.91 Å². The number of hydrogen-bond acceptors (Lipinski definition) is 5. The van der Waals surface area contributed by atoms with Crippen molar-refractivity contribution in [1.29, 1.82) is 0 Å². The van der Waals surface area contributed by atoms with Gasteiger partial charge in [0, 0.05) is 24.7 Å². The van der Waals surface area contributed by atoms with E-state index in [1.807, 2.05) is 12.1 Å². The second-order valence-corrected chi connectivity index (χ2v) is 6.61. The molecule has 6 heteroatoms. The molecule has 1 heterocycles. The van der Waals surface area contributed by atoms with Crippen LogP contribution in [-0.4, -0.2) is 48.1 Å². The Morgan fingerprint density at radius 3 is 2.94 bits per heavy atom. The minimum Gasteiger partial charge on any atom is -0.346 e. The van der Waals surface area contributed by atoms with Crippen molar-refractivity contribution < 1.29 is 4.79 Å². The predicted molar refractivity (Wildman–Crippen MR) is 79.6 cm³/mol. The minimum absolute atomic E-state index is 0.0451. The van der Waals surface area contributed by atoms with Crippen LogP contribution in [0.4, 0.5) is 0 Å². The molecule has 0 radical (unpaired) electrons. The molecule has 1 N–H and O–H groups in total. The summed E-state index contributed by atoms with van der Waals surface area (Å²) >= 11 is 0. The van der Waals surface area contributed by atoms with Crippen molar-refractivity contribution in [2.24, 2.45) is 0 Å². The van der Waals surface area contributed by atoms with Gasteiger partial charge in [0.1, 0.15) is 0 Å². The molecule has 100 valence electrons. The van der Waals surface area contributed by atoms with Crippen molar-refractivity contribution in [3.8, 4) is 0 Å². The lowest BCUT2D eigenvalue weighted by Crippen LogP contribution is -2.24. The van der Waals surface area contributed by atoms with Gasteiger partial charge in [0.25, 0.3) is 0 Å². The first kappa shape index (κ1) is 15.3. The van der Waals surface area contributed by atoms with Gasteiger partial charge in [0.2, 0.25) is 5.91 Å². The van der Waals surface area contributed by atoms with Gasteiger partial charge in [-0.25, -0.2) is 0 Å². The fraction of sp³-hybridized carbons (Fsp3) is 0.500. The average molecular weight is 285 g/mol. The fourth-order valence-corrected chi connectivity index (χ4v) is 3.05. The lowest BCUT2D eigenvalue weighted by Gasteiger charge is -2.08. The van der Waals surface area contributed by atoms with Crippen LogP contribution in [0.25, 0.3) is 0 Å². The summed E-state index contributed by atoms with van der Waals surface area (Å²) in [6.45, 7) is 1.06. The van der Waals surface area contributed by atoms with Gasteiger partial charge in [-0.3, -0.25) is 9.78 Å². The Hall–Kier alpha value is -0.720. The Morgan fingerprint density at radius 2 is 2.28 bits per heavy atom. The van der Waals surface area contributed by atoms with Gasteiger partial charge in [0.15, 0.2) is 0 Å². The maximum atomic E-state index is 11.6. The molecule has 0 aliphatic rings. The van der Waals surface area contributed by atoms with Crippen molar-refractivity contribution in [3.05, 3.63) is 30.1 Å². The summed E-state index contributed by atoms with van der Waals surface area (Å²) < 4.78 is 0. The van der Waals surface area contributed by atoms with Gasteiger partial charge in [-0.05, 0) is 25.7 Å². The van der Waals surface area contributed by atoms with Crippen LogP contribution in [0.5, 0.6) is 0 Å². The summed E-state index contributed by atoms with van der Waals surface area (Å²) in [5, 5.41) is 2.88. The molecule has 1 amide bonds. The first-order valence-electron chi connectivity index (χ1n) is 5.73. The largest absolute Gasteiger partial charge is 0.346 e. The maximum Gasteiger partial charge on any atom is 0.225 e. The van der Waals surface area contributed by atoms with Crippen molar-refractivity contribution in [2.75, 3.05) is 32.3 Å². The average Bonchev–Trinajstić information content (AvgIpc) is 2.34. The quantitative estimate of drug-likeness (QED) is 0.447. The van der Waals surface area contributed by atoms with E-state index >= 15 is 0 Å². The lowest BCUT2D eigenvalue weighted by molar-refractivity contribution is -0.120. The molecule has 0 unspecified atom stereocenters. The van der Waals surface area contributed by atoms with Gasteiger partial charge in [0.05, 0.1) is 12.3 Å². The van der Waals surface area contributed by atoms with Gasteiger partial charge < -0.3 is 10.2 Å². The Labute approximate surface area is 116 Å². The lowest BCUT2D eigenvalue weighted by atomic mass is 10.2. The van der Waals surface area contributed by atoms with E-state index in [0.29, 0.717) is 12.3 Å². The van der Waals surface area contributed by atoms with Gasteiger partial charge >= 0.3 is 0 Å². The first-order valence-corrected chi connectivity index (χ1v) is 8.22. The van der Waals surface area contributed by atoms with Crippen molar-refractivity contribution in [3.63, 3.8) is 0 Å². The number of rotatable bonds is 8. The molecule has 18 heavy (non-hydrogen) atoms. The Morgan fingerprint density at radius 1 is 1.44 bits per heavy atom. The molecule has 0 saturated carbocycles. The number of nitrogens with zero attached hydrogens (tertiary/aromatic N) is 2. The molecule has 1 aromatic rings. The Balaban J connectivity index is 2.04. The summed E-state index contributed by atoms with van der Waals surface area (Å²) in [7, 11) is 7.57. The van der Waals surface area contributed by atoms with Crippen LogP contribution < -0.4 is 5.32 Å². The molecular weight excluding hydrogens is 266 g/mol. The van der Waals surface area contributed by atoms with Crippen LogP contribution in [0.15, 0.2) is 24.5 Å². The second kappa shape index (κ2) is 9.24. The summed E-state index contributed by atoms with van der Waals surface area (Å²) in [4.78, 5) is 17.7. The Kier molecular flexibility index (Phi) is 7.88. The highest BCUT2D eigenvalue weighted by Crippen LogP contribution is 2.19. The van der Waals surface area contributed by atoms with Crippen LogP contribution >= 0.6 is 21.6 Å². The zero-order valence-electron chi connectivity index (χ0n) is 10.8. The van der Waals surface area contributed by atoms with Crippen molar-refractivity contribution in [2.45, 2.75) is 6.42 Å². The number of carbonyl (C=O) groups excluding carboxylic acids is 1. The van der Waals surface area contributed by atoms with Gasteiger partial charge in [-0.2, -0.15) is 0 Å². The third-order valence-corrected chi connectivity index (χ3v) is 4.25. The van der Waals surface area contributed by atoms with Crippen LogP contribution in [0, 0.1) is 0 Å². The zero-order chi connectivity index (χ0) is 13.2. The van der Waals surface area contributed by atoms with Crippen LogP contribution in [-0.2, 0) is 11.2 Å². The molecule has 1 rings (SSSR count). The minimum atomic E-state index is 0.0451. The molecule has 0 bridgehead atoms. The van der Waals surface area contributed by atoms with E-state index in [2.05, 4.69) is 29.3 Å². The van der Waals surface area contributed by atoms with Crippen LogP contribution in [0.2, 0.25) is 0 Å². The summed E-state index contributed by atoms with van der Waals surface area (Å²) in [6, 6.07) is 3.75. The number of hydrogen-bond donors (Lipinski definition) is 1. The highest BCUT2D eigenvalue weighted by molar-refractivity contribution is 8.76. The van der Waals surface area contributed by atoms with Gasteiger partial charge in [-0.1, -0.05) is 27.7 Å². The number of amides is 1. The monoisotopic (exact) mass is 285 g/mol. The smallest absolute Gasteiger partial charge is 0.225 e. The number of pyridine rings is 1. The molecule has 4 nitrogen and oxygen atoms in total. The third-order valence-electron chi connectivity index (χ3n) is 2.12. The SMILES string of the molecule is CN(C)CCSSCNC(=O)Cc1cccnc1. The molecule has 0 atom stereocenters. The zero-order valence-corrected chi connectivity index (χ0v) is 12.4. The van der Waals surface area contributed by atoms with Crippen LogP contribution in [0.1, 0.15) is 5.56 Å². The maximum absolute atomic E-state index is 11.6. The highest BCUT2D eigenvalue weighted by Gasteiger charge is 2.02. The molecular formula is C12H19N3OS2. The first-order chi connectivity index (χ1) is 8.68. The molecule has 0 fully saturated rings. The van der Waals surface area contributed by atoms with E-state index < -0.39 is 0 Å². The van der Waals surface area contributed by atoms with Crippen LogP contribution in [0.3, 0.4) is 0 Å². The van der Waals surface area contributed by atoms with Crippen molar-refractivity contribution >= 4 is 27.5 Å². The number of carbonyl (C=O) groups is 1.